The molecule has 3 nitrogen and oxygen atoms in total. The summed E-state index contributed by atoms with van der Waals surface area (Å²) in [4.78, 5) is 2.28. The molecule has 1 aromatic rings. The Labute approximate surface area is 128 Å². The van der Waals surface area contributed by atoms with E-state index in [0.29, 0.717) is 6.54 Å². The van der Waals surface area contributed by atoms with Crippen molar-refractivity contribution in [3.8, 4) is 0 Å². The lowest BCUT2D eigenvalue weighted by molar-refractivity contribution is 0.187. The predicted molar refractivity (Wildman–Crippen MR) is 85.9 cm³/mol. The minimum atomic E-state index is -0.186. The lowest BCUT2D eigenvalue weighted by Crippen LogP contribution is -2.32. The maximum absolute atomic E-state index is 13.4. The second-order valence-corrected chi connectivity index (χ2v) is 5.37. The van der Waals surface area contributed by atoms with Gasteiger partial charge in [-0.05, 0) is 43.6 Å². The summed E-state index contributed by atoms with van der Waals surface area (Å²) < 4.78 is 13.4. The van der Waals surface area contributed by atoms with E-state index in [1.807, 2.05) is 6.07 Å². The average molecular weight is 296 g/mol. The molecule has 0 amide bonds. The highest BCUT2D eigenvalue weighted by Gasteiger charge is 2.13. The molecule has 0 bridgehead atoms. The first-order valence-corrected chi connectivity index (χ1v) is 8.03. The van der Waals surface area contributed by atoms with Crippen LogP contribution in [0.15, 0.2) is 24.3 Å². The summed E-state index contributed by atoms with van der Waals surface area (Å²) in [5.74, 6) is -0.186. The van der Waals surface area contributed by atoms with Crippen LogP contribution in [0.25, 0.3) is 0 Å². The Morgan fingerprint density at radius 2 is 2.05 bits per heavy atom. The van der Waals surface area contributed by atoms with Crippen molar-refractivity contribution >= 4 is 0 Å². The molecule has 0 radical (unpaired) electrons. The van der Waals surface area contributed by atoms with Gasteiger partial charge in [-0.2, -0.15) is 0 Å². The Bertz CT molecular complexity index is 387. The maximum atomic E-state index is 13.4. The first kappa shape index (κ1) is 18.1. The standard InChI is InChI=1S/C17H29FN2O/c1-3-5-10-20(12-13-21)11-9-17(19-4-2)15-7-6-8-16(18)14-15/h6-8,14,17,19,21H,3-5,9-13H2,1-2H3. The molecule has 0 spiro atoms. The third-order valence-electron chi connectivity index (χ3n) is 3.68. The van der Waals surface area contributed by atoms with Gasteiger partial charge >= 0.3 is 0 Å². The number of nitrogens with one attached hydrogen (secondary N) is 1. The zero-order valence-electron chi connectivity index (χ0n) is 13.3. The molecule has 2 N–H and O–H groups in total. The Hall–Kier alpha value is -0.970. The number of hydrogen-bond acceptors (Lipinski definition) is 3. The highest BCUT2D eigenvalue weighted by molar-refractivity contribution is 5.20. The van der Waals surface area contributed by atoms with Crippen LogP contribution in [0.2, 0.25) is 0 Å². The van der Waals surface area contributed by atoms with E-state index in [-0.39, 0.29) is 18.5 Å². The van der Waals surface area contributed by atoms with E-state index in [1.54, 1.807) is 12.1 Å². The molecule has 120 valence electrons. The molecule has 0 aliphatic rings. The van der Waals surface area contributed by atoms with E-state index in [4.69, 9.17) is 5.11 Å². The molecule has 0 fully saturated rings. The highest BCUT2D eigenvalue weighted by atomic mass is 19.1. The summed E-state index contributed by atoms with van der Waals surface area (Å²) in [5, 5.41) is 12.6. The normalized spacial score (nSPS) is 12.8. The number of halogens is 1. The molecule has 0 aliphatic carbocycles. The van der Waals surface area contributed by atoms with Crippen molar-refractivity contribution in [2.24, 2.45) is 0 Å². The van der Waals surface area contributed by atoms with Gasteiger partial charge in [-0.15, -0.1) is 0 Å². The highest BCUT2D eigenvalue weighted by Crippen LogP contribution is 2.18. The van der Waals surface area contributed by atoms with Crippen LogP contribution in [0.4, 0.5) is 4.39 Å². The maximum Gasteiger partial charge on any atom is 0.123 e. The third kappa shape index (κ3) is 7.02. The van der Waals surface area contributed by atoms with Crippen molar-refractivity contribution in [1.82, 2.24) is 10.2 Å². The molecule has 1 rings (SSSR count). The Kier molecular flexibility index (Phi) is 9.22. The number of hydrogen-bond donors (Lipinski definition) is 2. The van der Waals surface area contributed by atoms with Gasteiger partial charge in [0.15, 0.2) is 0 Å². The van der Waals surface area contributed by atoms with Crippen LogP contribution >= 0.6 is 0 Å². The minimum absolute atomic E-state index is 0.161. The molecule has 21 heavy (non-hydrogen) atoms. The molecule has 0 aromatic heterocycles. The second-order valence-electron chi connectivity index (χ2n) is 5.37. The summed E-state index contributed by atoms with van der Waals surface area (Å²) in [6, 6.07) is 6.98. The third-order valence-corrected chi connectivity index (χ3v) is 3.68. The van der Waals surface area contributed by atoms with Crippen LogP contribution < -0.4 is 5.32 Å². The molecule has 0 saturated heterocycles. The van der Waals surface area contributed by atoms with Crippen LogP contribution in [-0.4, -0.2) is 42.8 Å². The molecule has 4 heteroatoms. The molecule has 1 aromatic carbocycles. The largest absolute Gasteiger partial charge is 0.395 e. The summed E-state index contributed by atoms with van der Waals surface area (Å²) in [5.41, 5.74) is 0.997. The van der Waals surface area contributed by atoms with Gasteiger partial charge in [0, 0.05) is 19.1 Å². The van der Waals surface area contributed by atoms with Crippen LogP contribution in [-0.2, 0) is 0 Å². The average Bonchev–Trinajstić information content (AvgIpc) is 2.48. The number of aliphatic hydroxyl groups is 1. The van der Waals surface area contributed by atoms with Crippen LogP contribution in [0, 0.1) is 5.82 Å². The summed E-state index contributed by atoms with van der Waals surface area (Å²) in [7, 11) is 0. The molecule has 0 aliphatic heterocycles. The summed E-state index contributed by atoms with van der Waals surface area (Å²) >= 11 is 0. The second kappa shape index (κ2) is 10.7. The van der Waals surface area contributed by atoms with Gasteiger partial charge in [-0.1, -0.05) is 32.4 Å². The quantitative estimate of drug-likeness (QED) is 0.659. The van der Waals surface area contributed by atoms with Crippen molar-refractivity contribution in [3.63, 3.8) is 0 Å². The van der Waals surface area contributed by atoms with Gasteiger partial charge in [0.1, 0.15) is 5.82 Å². The van der Waals surface area contributed by atoms with E-state index >= 15 is 0 Å². The van der Waals surface area contributed by atoms with Gasteiger partial charge in [0.2, 0.25) is 0 Å². The van der Waals surface area contributed by atoms with Gasteiger partial charge in [0.25, 0.3) is 0 Å². The molecule has 0 heterocycles. The van der Waals surface area contributed by atoms with Crippen LogP contribution in [0.3, 0.4) is 0 Å². The smallest absolute Gasteiger partial charge is 0.123 e. The van der Waals surface area contributed by atoms with E-state index in [9.17, 15) is 4.39 Å². The molecule has 0 saturated carbocycles. The fraction of sp³-hybridized carbons (Fsp3) is 0.647. The van der Waals surface area contributed by atoms with Gasteiger partial charge in [-0.25, -0.2) is 4.39 Å². The first-order chi connectivity index (χ1) is 10.2. The molecular formula is C17H29FN2O. The van der Waals surface area contributed by atoms with Gasteiger partial charge < -0.3 is 15.3 Å². The zero-order valence-corrected chi connectivity index (χ0v) is 13.3. The Balaban J connectivity index is 2.60. The zero-order chi connectivity index (χ0) is 15.5. The Morgan fingerprint density at radius 3 is 2.67 bits per heavy atom. The first-order valence-electron chi connectivity index (χ1n) is 8.03. The molecule has 1 unspecified atom stereocenters. The number of unbranched alkanes of at least 4 members (excludes halogenated alkanes) is 1. The number of benzene rings is 1. The van der Waals surface area contributed by atoms with Crippen molar-refractivity contribution in [2.75, 3.05) is 32.8 Å². The van der Waals surface area contributed by atoms with Crippen molar-refractivity contribution in [1.29, 1.82) is 0 Å². The van der Waals surface area contributed by atoms with Crippen LogP contribution in [0.5, 0.6) is 0 Å². The van der Waals surface area contributed by atoms with Crippen molar-refractivity contribution in [2.45, 2.75) is 39.2 Å². The van der Waals surface area contributed by atoms with E-state index in [1.165, 1.54) is 6.07 Å². The van der Waals surface area contributed by atoms with E-state index in [2.05, 4.69) is 24.1 Å². The topological polar surface area (TPSA) is 35.5 Å². The summed E-state index contributed by atoms with van der Waals surface area (Å²) in [6.07, 6.45) is 3.22. The molecule has 1 atom stereocenters. The van der Waals surface area contributed by atoms with E-state index in [0.717, 1.165) is 44.5 Å². The number of aliphatic hydroxyl groups excluding tert-OH is 1. The van der Waals surface area contributed by atoms with Crippen molar-refractivity contribution in [3.05, 3.63) is 35.6 Å². The number of nitrogens with zero attached hydrogens (tertiary/aromatic N) is 1. The Morgan fingerprint density at radius 1 is 1.24 bits per heavy atom. The fourth-order valence-electron chi connectivity index (χ4n) is 2.53. The number of rotatable bonds is 11. The molecular weight excluding hydrogens is 267 g/mol. The SMILES string of the molecule is CCCCN(CCO)CCC(NCC)c1cccc(F)c1. The fourth-order valence-corrected chi connectivity index (χ4v) is 2.53. The summed E-state index contributed by atoms with van der Waals surface area (Å²) in [6.45, 7) is 7.92. The van der Waals surface area contributed by atoms with Crippen LogP contribution in [0.1, 0.15) is 44.7 Å². The minimum Gasteiger partial charge on any atom is -0.395 e. The lowest BCUT2D eigenvalue weighted by Gasteiger charge is -2.25. The predicted octanol–water partition coefficient (Wildman–Crippen LogP) is 2.96. The van der Waals surface area contributed by atoms with Crippen molar-refractivity contribution < 1.29 is 9.50 Å². The van der Waals surface area contributed by atoms with Gasteiger partial charge in [-0.3, -0.25) is 0 Å². The lowest BCUT2D eigenvalue weighted by atomic mass is 10.0. The van der Waals surface area contributed by atoms with Gasteiger partial charge in [0.05, 0.1) is 6.61 Å². The van der Waals surface area contributed by atoms with E-state index < -0.39 is 0 Å². The monoisotopic (exact) mass is 296 g/mol.